The number of guanidine groups is 1. The molecule has 0 saturated carbocycles. The zero-order valence-electron chi connectivity index (χ0n) is 19.1. The van der Waals surface area contributed by atoms with Crippen molar-refractivity contribution in [2.45, 2.75) is 43.4 Å². The van der Waals surface area contributed by atoms with Gasteiger partial charge in [0.05, 0.1) is 6.61 Å². The second-order valence-corrected chi connectivity index (χ2v) is 8.00. The molecule has 11 N–H and O–H groups in total. The third kappa shape index (κ3) is 11.1. The van der Waals surface area contributed by atoms with Crippen molar-refractivity contribution < 1.29 is 29.4 Å². The molecule has 1 aromatic rings. The third-order valence-corrected chi connectivity index (χ3v) is 5.19. The number of benzene rings is 1. The zero-order valence-corrected chi connectivity index (χ0v) is 20.0. The van der Waals surface area contributed by atoms with Crippen molar-refractivity contribution in [2.75, 3.05) is 18.9 Å². The van der Waals surface area contributed by atoms with E-state index in [0.29, 0.717) is 12.0 Å². The van der Waals surface area contributed by atoms with Crippen molar-refractivity contribution in [2.24, 2.45) is 22.2 Å². The molecule has 13 nitrogen and oxygen atoms in total. The SMILES string of the molecule is NC(N)=NCCCC(NC(=O)C(CS)NC(=O)C(N)CO)C(=O)NC(Cc1ccccc1)C(=O)O. The summed E-state index contributed by atoms with van der Waals surface area (Å²) in [6.07, 6.45) is 0.403. The minimum absolute atomic E-state index is 0.0327. The maximum Gasteiger partial charge on any atom is 0.326 e. The monoisotopic (exact) mass is 511 g/mol. The lowest BCUT2D eigenvalue weighted by Crippen LogP contribution is -2.58. The number of hydrogen-bond acceptors (Lipinski definition) is 8. The van der Waals surface area contributed by atoms with Crippen LogP contribution in [0.1, 0.15) is 18.4 Å². The fraction of sp³-hybridized carbons (Fsp3) is 0.476. The molecule has 1 rings (SSSR count). The van der Waals surface area contributed by atoms with Gasteiger partial charge in [0.25, 0.3) is 0 Å². The van der Waals surface area contributed by atoms with E-state index in [2.05, 4.69) is 33.6 Å². The van der Waals surface area contributed by atoms with Crippen molar-refractivity contribution in [1.29, 1.82) is 0 Å². The van der Waals surface area contributed by atoms with Gasteiger partial charge in [-0.05, 0) is 18.4 Å². The number of nitrogens with two attached hydrogens (primary N) is 3. The fourth-order valence-electron chi connectivity index (χ4n) is 2.92. The highest BCUT2D eigenvalue weighted by Gasteiger charge is 2.29. The number of carbonyl (C=O) groups is 4. The van der Waals surface area contributed by atoms with E-state index in [1.807, 2.05) is 0 Å². The molecule has 0 aliphatic carbocycles. The smallest absolute Gasteiger partial charge is 0.326 e. The quantitative estimate of drug-likeness (QED) is 0.0506. The Balaban J connectivity index is 2.96. The molecule has 194 valence electrons. The van der Waals surface area contributed by atoms with Crippen LogP contribution in [-0.2, 0) is 25.6 Å². The first-order valence-corrected chi connectivity index (χ1v) is 11.4. The van der Waals surface area contributed by atoms with Crippen LogP contribution in [0, 0.1) is 0 Å². The largest absolute Gasteiger partial charge is 0.480 e. The highest BCUT2D eigenvalue weighted by molar-refractivity contribution is 7.80. The van der Waals surface area contributed by atoms with Gasteiger partial charge in [-0.1, -0.05) is 30.3 Å². The number of carbonyl (C=O) groups excluding carboxylic acids is 3. The van der Waals surface area contributed by atoms with Gasteiger partial charge < -0.3 is 43.4 Å². The molecule has 0 spiro atoms. The van der Waals surface area contributed by atoms with Gasteiger partial charge in [0, 0.05) is 18.7 Å². The van der Waals surface area contributed by atoms with Crippen LogP contribution in [0.25, 0.3) is 0 Å². The molecule has 0 saturated heterocycles. The summed E-state index contributed by atoms with van der Waals surface area (Å²) >= 11 is 4.04. The molecule has 0 aromatic heterocycles. The Morgan fingerprint density at radius 1 is 0.943 bits per heavy atom. The van der Waals surface area contributed by atoms with E-state index in [1.165, 1.54) is 0 Å². The predicted molar refractivity (Wildman–Crippen MR) is 132 cm³/mol. The number of aliphatic imine (C=N–C) groups is 1. The number of nitrogens with zero attached hydrogens (tertiary/aromatic N) is 1. The first kappa shape index (κ1) is 29.7. The van der Waals surface area contributed by atoms with Crippen LogP contribution in [0.2, 0.25) is 0 Å². The molecule has 0 heterocycles. The molecular formula is C21H33N7O6S. The van der Waals surface area contributed by atoms with Crippen LogP contribution in [0.3, 0.4) is 0 Å². The summed E-state index contributed by atoms with van der Waals surface area (Å²) < 4.78 is 0. The van der Waals surface area contributed by atoms with Gasteiger partial charge in [-0.3, -0.25) is 19.4 Å². The number of nitrogens with one attached hydrogen (secondary N) is 3. The number of carboxylic acids is 1. The van der Waals surface area contributed by atoms with Crippen LogP contribution in [-0.4, -0.2) is 82.9 Å². The normalized spacial score (nSPS) is 14.0. The van der Waals surface area contributed by atoms with E-state index in [9.17, 15) is 24.3 Å². The summed E-state index contributed by atoms with van der Waals surface area (Å²) in [4.78, 5) is 53.2. The maximum absolute atomic E-state index is 13.0. The summed E-state index contributed by atoms with van der Waals surface area (Å²) in [5.74, 6) is -3.75. The topological polar surface area (TPSA) is 235 Å². The standard InChI is InChI=1S/C21H33N7O6S/c22-13(10-29)17(30)28-16(11-35)19(32)26-14(7-4-8-25-21(23)24)18(31)27-15(20(33)34)9-12-5-2-1-3-6-12/h1-3,5-6,13-16,29,35H,4,7-11,22H2,(H,26,32)(H,27,31)(H,28,30)(H,33,34)(H4,23,24,25). The lowest BCUT2D eigenvalue weighted by molar-refractivity contribution is -0.142. The number of carboxylic acid groups (broad SMARTS) is 1. The summed E-state index contributed by atoms with van der Waals surface area (Å²) in [6.45, 7) is -0.451. The molecule has 0 radical (unpaired) electrons. The van der Waals surface area contributed by atoms with Crippen LogP contribution in [0.4, 0.5) is 0 Å². The van der Waals surface area contributed by atoms with E-state index in [1.54, 1.807) is 30.3 Å². The molecule has 4 atom stereocenters. The molecular weight excluding hydrogens is 478 g/mol. The first-order chi connectivity index (χ1) is 16.6. The lowest BCUT2D eigenvalue weighted by atomic mass is 10.0. The molecule has 3 amide bonds. The molecule has 0 aliphatic rings. The van der Waals surface area contributed by atoms with Gasteiger partial charge >= 0.3 is 5.97 Å². The molecule has 14 heteroatoms. The van der Waals surface area contributed by atoms with Crippen LogP contribution in [0.15, 0.2) is 35.3 Å². The maximum atomic E-state index is 13.0. The van der Waals surface area contributed by atoms with Crippen LogP contribution < -0.4 is 33.2 Å². The van der Waals surface area contributed by atoms with E-state index in [-0.39, 0.29) is 31.1 Å². The van der Waals surface area contributed by atoms with Crippen molar-refractivity contribution in [3.8, 4) is 0 Å². The number of thiol groups is 1. The van der Waals surface area contributed by atoms with E-state index < -0.39 is 54.5 Å². The minimum Gasteiger partial charge on any atom is -0.480 e. The number of aliphatic carboxylic acids is 1. The lowest BCUT2D eigenvalue weighted by Gasteiger charge is -2.24. The van der Waals surface area contributed by atoms with E-state index >= 15 is 0 Å². The number of aliphatic hydroxyl groups is 1. The van der Waals surface area contributed by atoms with E-state index in [0.717, 1.165) is 0 Å². The highest BCUT2D eigenvalue weighted by Crippen LogP contribution is 2.06. The Bertz CT molecular complexity index is 882. The Kier molecular flexibility index (Phi) is 13.2. The average molecular weight is 512 g/mol. The van der Waals surface area contributed by atoms with Gasteiger partial charge in [0.1, 0.15) is 24.2 Å². The summed E-state index contributed by atoms with van der Waals surface area (Å²) in [6, 6.07) is 3.94. The molecule has 1 aromatic carbocycles. The first-order valence-electron chi connectivity index (χ1n) is 10.8. The molecule has 4 unspecified atom stereocenters. The Morgan fingerprint density at radius 2 is 1.51 bits per heavy atom. The van der Waals surface area contributed by atoms with Crippen LogP contribution in [0.5, 0.6) is 0 Å². The van der Waals surface area contributed by atoms with Gasteiger partial charge in [-0.2, -0.15) is 12.6 Å². The number of aliphatic hydroxyl groups excluding tert-OH is 1. The summed E-state index contributed by atoms with van der Waals surface area (Å²) in [5.41, 5.74) is 16.7. The fourth-order valence-corrected chi connectivity index (χ4v) is 3.18. The zero-order chi connectivity index (χ0) is 26.4. The van der Waals surface area contributed by atoms with Gasteiger partial charge in [-0.15, -0.1) is 0 Å². The number of hydrogen-bond donors (Lipinski definition) is 9. The summed E-state index contributed by atoms with van der Waals surface area (Å²) in [7, 11) is 0. The van der Waals surface area contributed by atoms with Gasteiger partial charge in [0.15, 0.2) is 5.96 Å². The second kappa shape index (κ2) is 15.5. The number of rotatable bonds is 15. The molecule has 35 heavy (non-hydrogen) atoms. The van der Waals surface area contributed by atoms with Gasteiger partial charge in [-0.25, -0.2) is 4.79 Å². The second-order valence-electron chi connectivity index (χ2n) is 7.63. The Morgan fingerprint density at radius 3 is 2.06 bits per heavy atom. The Hall–Kier alpha value is -3.36. The molecule has 0 aliphatic heterocycles. The van der Waals surface area contributed by atoms with Gasteiger partial charge in [0.2, 0.25) is 17.7 Å². The minimum atomic E-state index is -1.25. The van der Waals surface area contributed by atoms with Crippen molar-refractivity contribution in [3.05, 3.63) is 35.9 Å². The van der Waals surface area contributed by atoms with Crippen molar-refractivity contribution in [3.63, 3.8) is 0 Å². The van der Waals surface area contributed by atoms with Crippen molar-refractivity contribution in [1.82, 2.24) is 16.0 Å². The average Bonchev–Trinajstić information content (AvgIpc) is 2.83. The summed E-state index contributed by atoms with van der Waals surface area (Å²) in [5, 5.41) is 25.9. The Labute approximate surface area is 208 Å². The predicted octanol–water partition coefficient (Wildman–Crippen LogP) is -2.93. The molecule has 0 bridgehead atoms. The van der Waals surface area contributed by atoms with Crippen molar-refractivity contribution >= 4 is 42.3 Å². The number of amides is 3. The molecule has 0 fully saturated rings. The highest BCUT2D eigenvalue weighted by atomic mass is 32.1. The van der Waals surface area contributed by atoms with E-state index in [4.69, 9.17) is 22.3 Å². The third-order valence-electron chi connectivity index (χ3n) is 4.82. The van der Waals surface area contributed by atoms with Crippen LogP contribution >= 0.6 is 12.6 Å².